The van der Waals surface area contributed by atoms with E-state index < -0.39 is 0 Å². The number of aryl methyl sites for hydroxylation is 1. The maximum atomic E-state index is 13.0. The lowest BCUT2D eigenvalue weighted by Gasteiger charge is -2.27. The Kier molecular flexibility index (Phi) is 13.7. The summed E-state index contributed by atoms with van der Waals surface area (Å²) in [6.45, 7) is 22.2. The van der Waals surface area contributed by atoms with Crippen molar-refractivity contribution in [3.05, 3.63) is 113 Å². The number of anilines is 1. The zero-order valence-corrected chi connectivity index (χ0v) is 31.4. The van der Waals surface area contributed by atoms with E-state index in [9.17, 15) is 15.0 Å². The molecule has 1 heterocycles. The first-order valence-electron chi connectivity index (χ1n) is 18.4. The summed E-state index contributed by atoms with van der Waals surface area (Å²) in [6.07, 6.45) is 3.20. The summed E-state index contributed by atoms with van der Waals surface area (Å²) in [6, 6.07) is 26.5. The summed E-state index contributed by atoms with van der Waals surface area (Å²) >= 11 is 0. The summed E-state index contributed by atoms with van der Waals surface area (Å²) in [4.78, 5) is 15.7. The fraction of sp³-hybridized carbons (Fsp3) is 0.386. The molecule has 5 rings (SSSR count). The Morgan fingerprint density at radius 3 is 2.10 bits per heavy atom. The summed E-state index contributed by atoms with van der Waals surface area (Å²) < 4.78 is 2.51. The molecule has 1 amide bonds. The summed E-state index contributed by atoms with van der Waals surface area (Å²) in [5, 5.41) is 25.3. The van der Waals surface area contributed by atoms with Crippen molar-refractivity contribution in [1.29, 1.82) is 0 Å². The molecule has 0 radical (unpaired) electrons. The summed E-state index contributed by atoms with van der Waals surface area (Å²) in [5.41, 5.74) is 8.18. The zero-order chi connectivity index (χ0) is 36.4. The molecule has 0 spiro atoms. The first kappa shape index (κ1) is 38.3. The lowest BCUT2D eigenvalue weighted by atomic mass is 10.0. The van der Waals surface area contributed by atoms with Crippen LogP contribution >= 0.6 is 0 Å². The number of hydrogen-bond donors (Lipinski definition) is 3. The Morgan fingerprint density at radius 1 is 0.840 bits per heavy atom. The van der Waals surface area contributed by atoms with Crippen molar-refractivity contribution in [1.82, 2.24) is 9.47 Å². The molecule has 6 nitrogen and oxygen atoms in total. The zero-order valence-electron chi connectivity index (χ0n) is 31.4. The van der Waals surface area contributed by atoms with Gasteiger partial charge in [0.2, 0.25) is 0 Å². The molecule has 0 aliphatic carbocycles. The molecule has 3 N–H and O–H groups in total. The highest BCUT2D eigenvalue weighted by Crippen LogP contribution is 2.39. The molecule has 0 aliphatic heterocycles. The number of carbonyl (C=O) groups excluding carboxylic acids is 1. The molecule has 0 fully saturated rings. The van der Waals surface area contributed by atoms with Gasteiger partial charge in [0.25, 0.3) is 5.91 Å². The normalized spacial score (nSPS) is 11.9. The lowest BCUT2D eigenvalue weighted by Crippen LogP contribution is -2.32. The quantitative estimate of drug-likeness (QED) is 0.109. The molecule has 5 aromatic rings. The van der Waals surface area contributed by atoms with Gasteiger partial charge in [0.1, 0.15) is 11.5 Å². The molecule has 0 saturated heterocycles. The van der Waals surface area contributed by atoms with Crippen molar-refractivity contribution in [2.75, 3.05) is 25.0 Å². The van der Waals surface area contributed by atoms with Crippen LogP contribution in [-0.4, -0.2) is 45.2 Å². The van der Waals surface area contributed by atoms with Crippen LogP contribution in [0.25, 0.3) is 22.0 Å². The smallest absolute Gasteiger partial charge is 0.255 e. The molecular formula is C44H57N3O3. The van der Waals surface area contributed by atoms with Crippen LogP contribution in [0.3, 0.4) is 0 Å². The standard InChI is InChI=1S/C42H51N3O3.C2H6/c1-7-20-44(21-19-28(2)3)26-29(4)27-45-31(6)30(5)37-23-33(15-18-38(37)45)22-32-13-16-35(17-14-32)42(48)43-36-24-39(46)41(40(47)25-36)34-11-9-8-10-12-34;1-2/h8-18,23-25,28-29,46-47H,7,19-22,26-27H2,1-6H3,(H,43,48);1-2H3. The van der Waals surface area contributed by atoms with E-state index in [1.807, 2.05) is 68.4 Å². The van der Waals surface area contributed by atoms with Gasteiger partial charge in [0.15, 0.2) is 0 Å². The van der Waals surface area contributed by atoms with Crippen molar-refractivity contribution in [3.8, 4) is 22.6 Å². The van der Waals surface area contributed by atoms with Gasteiger partial charge in [-0.15, -0.1) is 0 Å². The Balaban J connectivity index is 0.00000276. The first-order valence-corrected chi connectivity index (χ1v) is 18.4. The second kappa shape index (κ2) is 17.9. The number of amides is 1. The number of fused-ring (bicyclic) bond motifs is 1. The van der Waals surface area contributed by atoms with Crippen LogP contribution in [0.15, 0.2) is 84.9 Å². The largest absolute Gasteiger partial charge is 0.507 e. The van der Waals surface area contributed by atoms with Crippen LogP contribution in [0, 0.1) is 25.7 Å². The fourth-order valence-corrected chi connectivity index (χ4v) is 6.70. The van der Waals surface area contributed by atoms with Gasteiger partial charge in [-0.25, -0.2) is 0 Å². The number of carbonyl (C=O) groups is 1. The van der Waals surface area contributed by atoms with E-state index in [0.29, 0.717) is 28.3 Å². The first-order chi connectivity index (χ1) is 24.0. The second-order valence-corrected chi connectivity index (χ2v) is 13.8. The Bertz CT molecular complexity index is 1820. The number of benzene rings is 4. The third-order valence-electron chi connectivity index (χ3n) is 9.37. The average Bonchev–Trinajstić information content (AvgIpc) is 3.32. The molecular weight excluding hydrogens is 619 g/mol. The maximum absolute atomic E-state index is 13.0. The molecule has 1 atom stereocenters. The van der Waals surface area contributed by atoms with E-state index in [1.165, 1.54) is 59.2 Å². The molecule has 1 unspecified atom stereocenters. The molecule has 0 bridgehead atoms. The molecule has 50 heavy (non-hydrogen) atoms. The number of phenols is 2. The minimum Gasteiger partial charge on any atom is -0.507 e. The van der Waals surface area contributed by atoms with E-state index in [4.69, 9.17) is 0 Å². The topological polar surface area (TPSA) is 77.7 Å². The molecule has 0 saturated carbocycles. The molecule has 0 aliphatic rings. The number of nitrogens with one attached hydrogen (secondary N) is 1. The van der Waals surface area contributed by atoms with E-state index in [2.05, 4.69) is 74.5 Å². The van der Waals surface area contributed by atoms with Gasteiger partial charge in [-0.3, -0.25) is 4.79 Å². The highest BCUT2D eigenvalue weighted by atomic mass is 16.3. The van der Waals surface area contributed by atoms with Gasteiger partial charge >= 0.3 is 0 Å². The summed E-state index contributed by atoms with van der Waals surface area (Å²) in [5.74, 6) is 0.766. The number of nitrogens with zero attached hydrogens (tertiary/aromatic N) is 2. The monoisotopic (exact) mass is 675 g/mol. The molecule has 1 aromatic heterocycles. The average molecular weight is 676 g/mol. The predicted molar refractivity (Wildman–Crippen MR) is 211 cm³/mol. The highest BCUT2D eigenvalue weighted by molar-refractivity contribution is 6.04. The Morgan fingerprint density at radius 2 is 1.48 bits per heavy atom. The number of aromatic hydroxyl groups is 2. The van der Waals surface area contributed by atoms with Gasteiger partial charge in [0, 0.05) is 53.1 Å². The minimum atomic E-state index is -0.311. The van der Waals surface area contributed by atoms with E-state index >= 15 is 0 Å². The second-order valence-electron chi connectivity index (χ2n) is 13.8. The van der Waals surface area contributed by atoms with Gasteiger partial charge in [-0.2, -0.15) is 0 Å². The van der Waals surface area contributed by atoms with Crippen molar-refractivity contribution >= 4 is 22.5 Å². The van der Waals surface area contributed by atoms with Crippen LogP contribution in [0.5, 0.6) is 11.5 Å². The van der Waals surface area contributed by atoms with Crippen molar-refractivity contribution in [2.45, 2.75) is 81.2 Å². The Labute approximate surface area is 299 Å². The van der Waals surface area contributed by atoms with Gasteiger partial charge in [-0.05, 0) is 105 Å². The van der Waals surface area contributed by atoms with Crippen molar-refractivity contribution in [3.63, 3.8) is 0 Å². The van der Waals surface area contributed by atoms with Gasteiger partial charge < -0.3 is 25.0 Å². The fourth-order valence-electron chi connectivity index (χ4n) is 6.70. The molecule has 6 heteroatoms. The van der Waals surface area contributed by atoms with Gasteiger partial charge in [-0.1, -0.05) is 90.1 Å². The summed E-state index contributed by atoms with van der Waals surface area (Å²) in [7, 11) is 0. The maximum Gasteiger partial charge on any atom is 0.255 e. The molecule has 4 aromatic carbocycles. The van der Waals surface area contributed by atoms with Crippen LogP contribution in [0.1, 0.15) is 87.1 Å². The van der Waals surface area contributed by atoms with Crippen molar-refractivity contribution in [2.24, 2.45) is 11.8 Å². The van der Waals surface area contributed by atoms with Gasteiger partial charge in [0.05, 0.1) is 5.56 Å². The third kappa shape index (κ3) is 9.57. The number of hydrogen-bond acceptors (Lipinski definition) is 4. The molecule has 266 valence electrons. The van der Waals surface area contributed by atoms with Crippen molar-refractivity contribution < 1.29 is 15.0 Å². The SMILES string of the molecule is CC.CCCN(CCC(C)C)CC(C)Cn1c(C)c(C)c2cc(Cc3ccc(C(=O)Nc4cc(O)c(-c5ccccc5)c(O)c4)cc3)ccc21. The minimum absolute atomic E-state index is 0.102. The Hall–Kier alpha value is -4.55. The third-order valence-corrected chi connectivity index (χ3v) is 9.37. The van der Waals surface area contributed by atoms with Crippen LogP contribution in [0.4, 0.5) is 5.69 Å². The van der Waals surface area contributed by atoms with E-state index in [0.717, 1.165) is 37.5 Å². The number of rotatable bonds is 14. The van der Waals surface area contributed by atoms with Crippen LogP contribution < -0.4 is 5.32 Å². The van der Waals surface area contributed by atoms with Crippen LogP contribution in [-0.2, 0) is 13.0 Å². The highest BCUT2D eigenvalue weighted by Gasteiger charge is 2.17. The lowest BCUT2D eigenvalue weighted by molar-refractivity contribution is 0.102. The predicted octanol–water partition coefficient (Wildman–Crippen LogP) is 10.6. The number of phenolic OH excluding ortho intramolecular Hbond substituents is 2. The van der Waals surface area contributed by atoms with E-state index in [-0.39, 0.29) is 17.4 Å². The van der Waals surface area contributed by atoms with Crippen LogP contribution in [0.2, 0.25) is 0 Å². The van der Waals surface area contributed by atoms with E-state index in [1.54, 1.807) is 0 Å². The number of aromatic nitrogens is 1.